The summed E-state index contributed by atoms with van der Waals surface area (Å²) in [4.78, 5) is 0. The van der Waals surface area contributed by atoms with Crippen molar-refractivity contribution in [2.45, 2.75) is 40.7 Å². The second kappa shape index (κ2) is 5.86. The van der Waals surface area contributed by atoms with E-state index in [1.807, 2.05) is 0 Å². The van der Waals surface area contributed by atoms with Gasteiger partial charge in [0.1, 0.15) is 0 Å². The fourth-order valence-corrected chi connectivity index (χ4v) is 1.95. The Morgan fingerprint density at radius 3 is 2.31 bits per heavy atom. The zero-order chi connectivity index (χ0) is 12.1. The van der Waals surface area contributed by atoms with Crippen molar-refractivity contribution in [2.24, 2.45) is 0 Å². The number of benzene rings is 1. The lowest BCUT2D eigenvalue weighted by Gasteiger charge is -2.13. The lowest BCUT2D eigenvalue weighted by Crippen LogP contribution is -2.26. The van der Waals surface area contributed by atoms with Crippen molar-refractivity contribution in [1.29, 1.82) is 0 Å². The Morgan fingerprint density at radius 1 is 1.25 bits per heavy atom. The van der Waals surface area contributed by atoms with E-state index in [0.717, 1.165) is 6.54 Å². The molecule has 88 valence electrons. The van der Waals surface area contributed by atoms with Crippen molar-refractivity contribution in [2.75, 3.05) is 6.54 Å². The van der Waals surface area contributed by atoms with Gasteiger partial charge in [0.25, 0.3) is 0 Å². The summed E-state index contributed by atoms with van der Waals surface area (Å²) >= 11 is 0. The average molecular weight is 217 g/mol. The molecule has 0 aliphatic heterocycles. The molecule has 0 saturated carbocycles. The van der Waals surface area contributed by atoms with E-state index >= 15 is 0 Å². The predicted octanol–water partition coefficient (Wildman–Crippen LogP) is 3.70. The van der Waals surface area contributed by atoms with E-state index in [0.29, 0.717) is 6.04 Å². The van der Waals surface area contributed by atoms with Gasteiger partial charge in [0.05, 0.1) is 0 Å². The lowest BCUT2D eigenvalue weighted by atomic mass is 10.0. The molecule has 0 bridgehead atoms. The zero-order valence-electron chi connectivity index (χ0n) is 11.1. The van der Waals surface area contributed by atoms with Gasteiger partial charge in [0, 0.05) is 6.04 Å². The molecule has 0 aliphatic rings. The van der Waals surface area contributed by atoms with Crippen LogP contribution in [0.2, 0.25) is 0 Å². The van der Waals surface area contributed by atoms with Gasteiger partial charge in [-0.05, 0) is 39.8 Å². The molecular weight excluding hydrogens is 194 g/mol. The number of nitrogens with one attached hydrogen (secondary N) is 1. The van der Waals surface area contributed by atoms with Crippen LogP contribution in [-0.2, 0) is 0 Å². The first-order chi connectivity index (χ1) is 7.52. The topological polar surface area (TPSA) is 12.0 Å². The molecule has 1 rings (SSSR count). The SMILES string of the molecule is CCNC(C)/C(C)=C/c1cc(C)cc(C)c1. The quantitative estimate of drug-likeness (QED) is 0.810. The molecule has 0 spiro atoms. The second-order valence-electron chi connectivity index (χ2n) is 4.59. The highest BCUT2D eigenvalue weighted by atomic mass is 14.9. The molecule has 0 amide bonds. The minimum absolute atomic E-state index is 0.450. The maximum Gasteiger partial charge on any atom is 0.0251 e. The summed E-state index contributed by atoms with van der Waals surface area (Å²) < 4.78 is 0. The van der Waals surface area contributed by atoms with Crippen LogP contribution in [0.3, 0.4) is 0 Å². The molecule has 0 aliphatic carbocycles. The summed E-state index contributed by atoms with van der Waals surface area (Å²) in [6, 6.07) is 7.12. The zero-order valence-corrected chi connectivity index (χ0v) is 11.1. The Balaban J connectivity index is 2.88. The summed E-state index contributed by atoms with van der Waals surface area (Å²) in [6.45, 7) is 11.8. The molecule has 1 atom stereocenters. The first kappa shape index (κ1) is 13.0. The van der Waals surface area contributed by atoms with Crippen LogP contribution < -0.4 is 5.32 Å². The molecule has 1 aromatic carbocycles. The smallest absolute Gasteiger partial charge is 0.0251 e. The normalized spacial score (nSPS) is 13.9. The molecule has 1 N–H and O–H groups in total. The highest BCUT2D eigenvalue weighted by Crippen LogP contribution is 2.14. The van der Waals surface area contributed by atoms with Crippen LogP contribution in [0.25, 0.3) is 6.08 Å². The fraction of sp³-hybridized carbons (Fsp3) is 0.467. The van der Waals surface area contributed by atoms with Crippen LogP contribution in [0.15, 0.2) is 23.8 Å². The second-order valence-corrected chi connectivity index (χ2v) is 4.59. The minimum Gasteiger partial charge on any atom is -0.311 e. The molecule has 1 aromatic rings. The van der Waals surface area contributed by atoms with Gasteiger partial charge < -0.3 is 5.32 Å². The first-order valence-electron chi connectivity index (χ1n) is 6.02. The summed E-state index contributed by atoms with van der Waals surface area (Å²) in [5.41, 5.74) is 5.34. The summed E-state index contributed by atoms with van der Waals surface area (Å²) in [6.07, 6.45) is 2.27. The lowest BCUT2D eigenvalue weighted by molar-refractivity contribution is 0.636. The van der Waals surface area contributed by atoms with Gasteiger partial charge in [-0.25, -0.2) is 0 Å². The van der Waals surface area contributed by atoms with Crippen molar-refractivity contribution in [3.8, 4) is 0 Å². The maximum atomic E-state index is 3.43. The van der Waals surface area contributed by atoms with Crippen LogP contribution in [0.5, 0.6) is 0 Å². The van der Waals surface area contributed by atoms with E-state index in [9.17, 15) is 0 Å². The first-order valence-corrected chi connectivity index (χ1v) is 6.02. The molecule has 0 radical (unpaired) electrons. The van der Waals surface area contributed by atoms with Crippen LogP contribution in [-0.4, -0.2) is 12.6 Å². The van der Waals surface area contributed by atoms with E-state index in [1.165, 1.54) is 22.3 Å². The number of hydrogen-bond donors (Lipinski definition) is 1. The van der Waals surface area contributed by atoms with Crippen molar-refractivity contribution in [3.63, 3.8) is 0 Å². The van der Waals surface area contributed by atoms with E-state index in [1.54, 1.807) is 0 Å². The minimum atomic E-state index is 0.450. The van der Waals surface area contributed by atoms with Crippen molar-refractivity contribution in [3.05, 3.63) is 40.5 Å². The number of likely N-dealkylation sites (N-methyl/N-ethyl adjacent to an activating group) is 1. The molecule has 0 heterocycles. The van der Waals surface area contributed by atoms with Gasteiger partial charge in [0.2, 0.25) is 0 Å². The number of aryl methyl sites for hydroxylation is 2. The summed E-state index contributed by atoms with van der Waals surface area (Å²) in [5, 5.41) is 3.43. The number of rotatable bonds is 4. The summed E-state index contributed by atoms with van der Waals surface area (Å²) in [5.74, 6) is 0. The molecular formula is C15H23N. The Hall–Kier alpha value is -1.08. The molecule has 16 heavy (non-hydrogen) atoms. The molecule has 1 unspecified atom stereocenters. The largest absolute Gasteiger partial charge is 0.311 e. The third-order valence-corrected chi connectivity index (χ3v) is 2.83. The van der Waals surface area contributed by atoms with Gasteiger partial charge in [-0.15, -0.1) is 0 Å². The molecule has 1 heteroatoms. The highest BCUT2D eigenvalue weighted by molar-refractivity contribution is 5.55. The Labute approximate surface area is 99.6 Å². The van der Waals surface area contributed by atoms with Crippen LogP contribution >= 0.6 is 0 Å². The van der Waals surface area contributed by atoms with Gasteiger partial charge in [-0.3, -0.25) is 0 Å². The average Bonchev–Trinajstić information content (AvgIpc) is 2.16. The van der Waals surface area contributed by atoms with Crippen molar-refractivity contribution >= 4 is 6.08 Å². The Kier molecular flexibility index (Phi) is 4.75. The third kappa shape index (κ3) is 3.82. The third-order valence-electron chi connectivity index (χ3n) is 2.83. The monoisotopic (exact) mass is 217 g/mol. The van der Waals surface area contributed by atoms with Gasteiger partial charge in [0.15, 0.2) is 0 Å². The number of hydrogen-bond acceptors (Lipinski definition) is 1. The van der Waals surface area contributed by atoms with E-state index in [-0.39, 0.29) is 0 Å². The van der Waals surface area contributed by atoms with Crippen LogP contribution in [0.4, 0.5) is 0 Å². The molecule has 0 aromatic heterocycles. The van der Waals surface area contributed by atoms with E-state index < -0.39 is 0 Å². The Morgan fingerprint density at radius 2 is 1.81 bits per heavy atom. The molecule has 0 saturated heterocycles. The van der Waals surface area contributed by atoms with Crippen LogP contribution in [0, 0.1) is 13.8 Å². The standard InChI is InChI=1S/C15H23N/c1-6-16-14(5)13(4)10-15-8-11(2)7-12(3)9-15/h7-10,14,16H,6H2,1-5H3/b13-10+. The highest BCUT2D eigenvalue weighted by Gasteiger charge is 2.02. The Bertz CT molecular complexity index is 357. The van der Waals surface area contributed by atoms with Gasteiger partial charge in [-0.1, -0.05) is 47.9 Å². The van der Waals surface area contributed by atoms with E-state index in [2.05, 4.69) is 64.2 Å². The maximum absolute atomic E-state index is 3.43. The predicted molar refractivity (Wildman–Crippen MR) is 72.7 cm³/mol. The van der Waals surface area contributed by atoms with Crippen LogP contribution in [0.1, 0.15) is 37.5 Å². The van der Waals surface area contributed by atoms with Gasteiger partial charge in [-0.2, -0.15) is 0 Å². The molecule has 0 fully saturated rings. The van der Waals surface area contributed by atoms with E-state index in [4.69, 9.17) is 0 Å². The van der Waals surface area contributed by atoms with Crippen molar-refractivity contribution in [1.82, 2.24) is 5.32 Å². The van der Waals surface area contributed by atoms with Gasteiger partial charge >= 0.3 is 0 Å². The summed E-state index contributed by atoms with van der Waals surface area (Å²) in [7, 11) is 0. The fourth-order valence-electron chi connectivity index (χ4n) is 1.95. The van der Waals surface area contributed by atoms with Crippen molar-refractivity contribution < 1.29 is 0 Å². The molecule has 1 nitrogen and oxygen atoms in total.